The number of aromatic hydroxyl groups is 1. The molecule has 214 valence electrons. The summed E-state index contributed by atoms with van der Waals surface area (Å²) in [4.78, 5) is 26.0. The van der Waals surface area contributed by atoms with E-state index in [-0.39, 0.29) is 34.1 Å². The molecule has 2 heterocycles. The first-order chi connectivity index (χ1) is 19.6. The van der Waals surface area contributed by atoms with Crippen LogP contribution in [-0.4, -0.2) is 36.1 Å². The van der Waals surface area contributed by atoms with Gasteiger partial charge in [-0.05, 0) is 69.7 Å². The van der Waals surface area contributed by atoms with Crippen LogP contribution in [0.5, 0.6) is 23.0 Å². The van der Waals surface area contributed by atoms with Gasteiger partial charge in [0.05, 0.1) is 22.1 Å². The number of methoxy groups -OCH3 is 1. The molecular formula is C31H30ClNO8. The maximum absolute atomic E-state index is 13.1. The van der Waals surface area contributed by atoms with Crippen molar-refractivity contribution in [3.8, 4) is 23.0 Å². The smallest absolute Gasteiger partial charge is 0.364 e. The van der Waals surface area contributed by atoms with Crippen LogP contribution in [0.25, 0.3) is 11.0 Å². The molecule has 0 aliphatic carbocycles. The van der Waals surface area contributed by atoms with Crippen LogP contribution in [0.3, 0.4) is 0 Å². The van der Waals surface area contributed by atoms with E-state index in [0.29, 0.717) is 28.5 Å². The summed E-state index contributed by atoms with van der Waals surface area (Å²) >= 11 is 6.26. The van der Waals surface area contributed by atoms with Crippen molar-refractivity contribution in [1.82, 2.24) is 0 Å². The highest BCUT2D eigenvalue weighted by Crippen LogP contribution is 2.38. The second-order valence-electron chi connectivity index (χ2n) is 10.3. The predicted octanol–water partition coefficient (Wildman–Crippen LogP) is 6.81. The quantitative estimate of drug-likeness (QED) is 0.229. The van der Waals surface area contributed by atoms with Crippen LogP contribution in [0.15, 0.2) is 69.9 Å². The summed E-state index contributed by atoms with van der Waals surface area (Å²) < 4.78 is 29.1. The maximum atomic E-state index is 13.1. The Morgan fingerprint density at radius 2 is 1.83 bits per heavy atom. The predicted molar refractivity (Wildman–Crippen MR) is 154 cm³/mol. The number of carbonyl (C=O) groups is 1. The largest absolute Gasteiger partial charge is 0.505 e. The van der Waals surface area contributed by atoms with E-state index in [9.17, 15) is 14.7 Å². The molecule has 1 saturated heterocycles. The third-order valence-electron chi connectivity index (χ3n) is 7.07. The third kappa shape index (κ3) is 5.88. The normalized spacial score (nSPS) is 18.2. The minimum absolute atomic E-state index is 0.0560. The molecule has 4 aromatic rings. The number of nitrogens with one attached hydrogen (secondary N) is 1. The Labute approximate surface area is 241 Å². The molecule has 2 atom stereocenters. The highest BCUT2D eigenvalue weighted by molar-refractivity contribution is 6.32. The van der Waals surface area contributed by atoms with Crippen LogP contribution in [0.4, 0.5) is 5.69 Å². The molecule has 10 heteroatoms. The van der Waals surface area contributed by atoms with Crippen LogP contribution >= 0.6 is 11.6 Å². The van der Waals surface area contributed by atoms with E-state index >= 15 is 0 Å². The van der Waals surface area contributed by atoms with Gasteiger partial charge in [0.2, 0.25) is 6.29 Å². The standard InChI is InChI=1S/C31H30ClNO8/c1-17-22(39-25-15-14-24(37-4)31(2,3)41-25)13-11-20-27(34)26(30(36)40-28(17)20)33-29(35)18-10-12-21(32)23(16-18)38-19-8-6-5-7-9-19/h5-13,16,24-25,34H,14-15H2,1-4H3,(H,33,35)/t24-,25-/m1/s1. The number of carbonyl (C=O) groups excluding carboxylic acids is 1. The summed E-state index contributed by atoms with van der Waals surface area (Å²) in [6.07, 6.45) is 0.788. The Kier molecular flexibility index (Phi) is 7.95. The molecule has 0 saturated carbocycles. The van der Waals surface area contributed by atoms with E-state index in [4.69, 9.17) is 35.0 Å². The number of hydrogen-bond acceptors (Lipinski definition) is 8. The fourth-order valence-electron chi connectivity index (χ4n) is 4.86. The number of ether oxygens (including phenoxy) is 4. The van der Waals surface area contributed by atoms with Crippen molar-refractivity contribution in [2.45, 2.75) is 51.6 Å². The van der Waals surface area contributed by atoms with E-state index in [1.165, 1.54) is 18.2 Å². The first-order valence-corrected chi connectivity index (χ1v) is 13.5. The lowest BCUT2D eigenvalue weighted by Gasteiger charge is -2.41. The number of anilines is 1. The molecule has 1 aromatic heterocycles. The van der Waals surface area contributed by atoms with Gasteiger partial charge in [-0.2, -0.15) is 0 Å². The van der Waals surface area contributed by atoms with Crippen molar-refractivity contribution in [1.29, 1.82) is 0 Å². The zero-order chi connectivity index (χ0) is 29.3. The summed E-state index contributed by atoms with van der Waals surface area (Å²) in [5.41, 5.74) is -1.05. The molecule has 1 aliphatic heterocycles. The van der Waals surface area contributed by atoms with Crippen molar-refractivity contribution in [3.05, 3.63) is 87.2 Å². The highest BCUT2D eigenvalue weighted by Gasteiger charge is 2.39. The van der Waals surface area contributed by atoms with Crippen molar-refractivity contribution in [2.24, 2.45) is 0 Å². The summed E-state index contributed by atoms with van der Waals surface area (Å²) in [5.74, 6) is 0.153. The van der Waals surface area contributed by atoms with Crippen molar-refractivity contribution in [3.63, 3.8) is 0 Å². The molecular weight excluding hydrogens is 550 g/mol. The number of aryl methyl sites for hydroxylation is 1. The molecule has 9 nitrogen and oxygen atoms in total. The van der Waals surface area contributed by atoms with Crippen LogP contribution in [-0.2, 0) is 9.47 Å². The monoisotopic (exact) mass is 579 g/mol. The molecule has 0 spiro atoms. The fraction of sp³-hybridized carbons (Fsp3) is 0.290. The number of rotatable bonds is 7. The first kappa shape index (κ1) is 28.5. The summed E-state index contributed by atoms with van der Waals surface area (Å²) in [5, 5.41) is 14.0. The molecule has 1 amide bonds. The highest BCUT2D eigenvalue weighted by atomic mass is 35.5. The number of fused-ring (bicyclic) bond motifs is 1. The minimum atomic E-state index is -0.920. The SMILES string of the molecule is CO[C@@H]1CC[C@H](Oc2ccc3c(O)c(NC(=O)c4ccc(Cl)c(Oc5ccccc5)c4)c(=O)oc3c2C)OC1(C)C. The molecule has 1 fully saturated rings. The Balaban J connectivity index is 1.38. The number of halogens is 1. The Morgan fingerprint density at radius 3 is 2.54 bits per heavy atom. The summed E-state index contributed by atoms with van der Waals surface area (Å²) in [7, 11) is 1.66. The van der Waals surface area contributed by atoms with Gasteiger partial charge in [-0.1, -0.05) is 29.8 Å². The Morgan fingerprint density at radius 1 is 1.07 bits per heavy atom. The van der Waals surface area contributed by atoms with E-state index in [0.717, 1.165) is 6.42 Å². The Hall–Kier alpha value is -4.05. The Bertz CT molecular complexity index is 1650. The first-order valence-electron chi connectivity index (χ1n) is 13.1. The molecule has 0 unspecified atom stereocenters. The molecule has 1 aliphatic rings. The number of hydrogen-bond donors (Lipinski definition) is 2. The van der Waals surface area contributed by atoms with E-state index in [1.807, 2.05) is 19.9 Å². The molecule has 41 heavy (non-hydrogen) atoms. The summed E-state index contributed by atoms with van der Waals surface area (Å²) in [6.45, 7) is 5.60. The van der Waals surface area contributed by atoms with Crippen molar-refractivity contribution >= 4 is 34.2 Å². The zero-order valence-corrected chi connectivity index (χ0v) is 23.8. The van der Waals surface area contributed by atoms with Gasteiger partial charge >= 0.3 is 5.63 Å². The molecule has 0 bridgehead atoms. The van der Waals surface area contributed by atoms with Crippen LogP contribution in [0, 0.1) is 6.92 Å². The van der Waals surface area contributed by atoms with Gasteiger partial charge in [-0.25, -0.2) is 4.79 Å². The van der Waals surface area contributed by atoms with Gasteiger partial charge in [0.15, 0.2) is 11.4 Å². The topological polar surface area (TPSA) is 116 Å². The van der Waals surface area contributed by atoms with Crippen molar-refractivity contribution < 1.29 is 33.3 Å². The lowest BCUT2D eigenvalue weighted by molar-refractivity contribution is -0.233. The maximum Gasteiger partial charge on any atom is 0.364 e. The molecule has 2 N–H and O–H groups in total. The second kappa shape index (κ2) is 11.4. The zero-order valence-electron chi connectivity index (χ0n) is 23.0. The lowest BCUT2D eigenvalue weighted by Crippen LogP contribution is -2.49. The number of para-hydroxylation sites is 1. The van der Waals surface area contributed by atoms with Gasteiger partial charge < -0.3 is 33.8 Å². The average Bonchev–Trinajstić information content (AvgIpc) is 2.94. The fourth-order valence-corrected chi connectivity index (χ4v) is 5.02. The second-order valence-corrected chi connectivity index (χ2v) is 10.7. The molecule has 0 radical (unpaired) electrons. The summed E-state index contributed by atoms with van der Waals surface area (Å²) in [6, 6.07) is 16.6. The van der Waals surface area contributed by atoms with Gasteiger partial charge in [0.1, 0.15) is 22.8 Å². The molecule has 5 rings (SSSR count). The van der Waals surface area contributed by atoms with E-state index in [1.54, 1.807) is 50.4 Å². The van der Waals surface area contributed by atoms with Crippen LogP contribution in [0.1, 0.15) is 42.6 Å². The lowest BCUT2D eigenvalue weighted by atomic mass is 9.94. The average molecular weight is 580 g/mol. The van der Waals surface area contributed by atoms with Gasteiger partial charge in [0.25, 0.3) is 5.91 Å². The van der Waals surface area contributed by atoms with Gasteiger partial charge in [-0.15, -0.1) is 0 Å². The third-order valence-corrected chi connectivity index (χ3v) is 7.38. The van der Waals surface area contributed by atoms with E-state index in [2.05, 4.69) is 5.32 Å². The van der Waals surface area contributed by atoms with Crippen molar-refractivity contribution in [2.75, 3.05) is 12.4 Å². The van der Waals surface area contributed by atoms with Gasteiger partial charge in [-0.3, -0.25) is 4.79 Å². The van der Waals surface area contributed by atoms with E-state index < -0.39 is 29.2 Å². The molecule has 3 aromatic carbocycles. The van der Waals surface area contributed by atoms with Crippen LogP contribution in [0.2, 0.25) is 5.02 Å². The van der Waals surface area contributed by atoms with Crippen LogP contribution < -0.4 is 20.4 Å². The number of amides is 1. The minimum Gasteiger partial charge on any atom is -0.505 e. The van der Waals surface area contributed by atoms with Gasteiger partial charge in [0, 0.05) is 24.7 Å². The number of benzene rings is 3.